The summed E-state index contributed by atoms with van der Waals surface area (Å²) in [5.74, 6) is 0. The number of piperazine rings is 1. The lowest BCUT2D eigenvalue weighted by Crippen LogP contribution is -2.55. The third-order valence-electron chi connectivity index (χ3n) is 3.35. The molecule has 1 heterocycles. The summed E-state index contributed by atoms with van der Waals surface area (Å²) in [7, 11) is 1.75. The van der Waals surface area contributed by atoms with Gasteiger partial charge >= 0.3 is 0 Å². The average Bonchev–Trinajstić information content (AvgIpc) is 2.29. The van der Waals surface area contributed by atoms with Gasteiger partial charge in [-0.15, -0.1) is 0 Å². The van der Waals surface area contributed by atoms with Crippen LogP contribution in [0.2, 0.25) is 0 Å². The molecule has 1 fully saturated rings. The van der Waals surface area contributed by atoms with Gasteiger partial charge < -0.3 is 4.74 Å². The van der Waals surface area contributed by atoms with Crippen LogP contribution in [0.25, 0.3) is 0 Å². The minimum absolute atomic E-state index is 0.288. The monoisotopic (exact) mass is 225 g/mol. The van der Waals surface area contributed by atoms with Gasteiger partial charge in [0.05, 0.1) is 12.2 Å². The van der Waals surface area contributed by atoms with Crippen LogP contribution in [0.3, 0.4) is 0 Å². The van der Waals surface area contributed by atoms with E-state index in [2.05, 4.69) is 22.8 Å². The molecule has 0 saturated carbocycles. The molecule has 0 radical (unpaired) electrons. The van der Waals surface area contributed by atoms with Gasteiger partial charge in [0.25, 0.3) is 0 Å². The van der Waals surface area contributed by atoms with Crippen molar-refractivity contribution in [1.29, 1.82) is 5.26 Å². The Bertz CT molecular complexity index is 251. The summed E-state index contributed by atoms with van der Waals surface area (Å²) in [6, 6.07) is 2.36. The topological polar surface area (TPSA) is 39.5 Å². The van der Waals surface area contributed by atoms with Crippen molar-refractivity contribution in [3.8, 4) is 6.07 Å². The zero-order valence-electron chi connectivity index (χ0n) is 10.9. The van der Waals surface area contributed by atoms with Crippen LogP contribution in [0, 0.1) is 11.3 Å². The molecule has 1 unspecified atom stereocenters. The molecule has 92 valence electrons. The van der Waals surface area contributed by atoms with Crippen LogP contribution in [0.4, 0.5) is 0 Å². The number of hydrogen-bond acceptors (Lipinski definition) is 4. The fourth-order valence-electron chi connectivity index (χ4n) is 2.00. The third-order valence-corrected chi connectivity index (χ3v) is 3.35. The first-order valence-corrected chi connectivity index (χ1v) is 5.91. The van der Waals surface area contributed by atoms with Crippen LogP contribution in [-0.4, -0.2) is 61.3 Å². The van der Waals surface area contributed by atoms with E-state index >= 15 is 0 Å². The van der Waals surface area contributed by atoms with E-state index in [0.717, 1.165) is 32.7 Å². The maximum Gasteiger partial charge on any atom is 0.103 e. The van der Waals surface area contributed by atoms with Crippen molar-refractivity contribution in [3.05, 3.63) is 0 Å². The highest BCUT2D eigenvalue weighted by molar-refractivity contribution is 5.02. The van der Waals surface area contributed by atoms with Crippen LogP contribution in [0.1, 0.15) is 20.8 Å². The van der Waals surface area contributed by atoms with Crippen molar-refractivity contribution in [2.45, 2.75) is 32.4 Å². The summed E-state index contributed by atoms with van der Waals surface area (Å²) >= 11 is 0. The van der Waals surface area contributed by atoms with Gasteiger partial charge in [0.1, 0.15) is 5.54 Å². The van der Waals surface area contributed by atoms with E-state index in [1.807, 2.05) is 13.8 Å². The van der Waals surface area contributed by atoms with E-state index in [1.165, 1.54) is 0 Å². The molecule has 0 aliphatic carbocycles. The number of nitriles is 1. The lowest BCUT2D eigenvalue weighted by Gasteiger charge is -2.41. The quantitative estimate of drug-likeness (QED) is 0.714. The maximum absolute atomic E-state index is 9.07. The van der Waals surface area contributed by atoms with Crippen molar-refractivity contribution >= 4 is 0 Å². The molecule has 16 heavy (non-hydrogen) atoms. The summed E-state index contributed by atoms with van der Waals surface area (Å²) in [5.41, 5.74) is -0.334. The Morgan fingerprint density at radius 3 is 2.31 bits per heavy atom. The fraction of sp³-hybridized carbons (Fsp3) is 0.917. The fourth-order valence-corrected chi connectivity index (χ4v) is 2.00. The molecule has 4 heteroatoms. The first-order valence-electron chi connectivity index (χ1n) is 5.91. The number of nitrogens with zero attached hydrogens (tertiary/aromatic N) is 3. The summed E-state index contributed by atoms with van der Waals surface area (Å²) in [5, 5.41) is 9.07. The Kier molecular flexibility index (Phi) is 4.72. The molecule has 1 rings (SSSR count). The molecule has 4 nitrogen and oxygen atoms in total. The Hall–Kier alpha value is -0.630. The second kappa shape index (κ2) is 5.62. The van der Waals surface area contributed by atoms with E-state index in [0.29, 0.717) is 0 Å². The van der Waals surface area contributed by atoms with Gasteiger partial charge in [-0.2, -0.15) is 5.26 Å². The Morgan fingerprint density at radius 2 is 1.88 bits per heavy atom. The molecule has 0 spiro atoms. The molecule has 1 atom stereocenters. The molecule has 0 aromatic carbocycles. The van der Waals surface area contributed by atoms with Gasteiger partial charge in [-0.25, -0.2) is 0 Å². The molecular weight excluding hydrogens is 202 g/mol. The van der Waals surface area contributed by atoms with Crippen LogP contribution in [0.15, 0.2) is 0 Å². The first kappa shape index (κ1) is 13.4. The highest BCUT2D eigenvalue weighted by atomic mass is 16.5. The molecule has 0 bridgehead atoms. The van der Waals surface area contributed by atoms with Gasteiger partial charge in [-0.3, -0.25) is 9.80 Å². The maximum atomic E-state index is 9.07. The summed E-state index contributed by atoms with van der Waals surface area (Å²) in [4.78, 5) is 4.65. The number of hydrogen-bond donors (Lipinski definition) is 0. The van der Waals surface area contributed by atoms with E-state index in [-0.39, 0.29) is 11.6 Å². The molecule has 0 aromatic rings. The van der Waals surface area contributed by atoms with E-state index in [1.54, 1.807) is 7.11 Å². The predicted octanol–water partition coefficient (Wildman–Crippen LogP) is 0.941. The van der Waals surface area contributed by atoms with E-state index < -0.39 is 0 Å². The minimum atomic E-state index is -0.334. The van der Waals surface area contributed by atoms with Crippen LogP contribution < -0.4 is 0 Å². The van der Waals surface area contributed by atoms with E-state index in [9.17, 15) is 0 Å². The van der Waals surface area contributed by atoms with Crippen LogP contribution >= 0.6 is 0 Å². The van der Waals surface area contributed by atoms with Gasteiger partial charge in [0, 0.05) is 39.8 Å². The summed E-state index contributed by atoms with van der Waals surface area (Å²) < 4.78 is 5.26. The van der Waals surface area contributed by atoms with Crippen LogP contribution in [-0.2, 0) is 4.74 Å². The molecule has 0 N–H and O–H groups in total. The van der Waals surface area contributed by atoms with E-state index in [4.69, 9.17) is 10.00 Å². The Labute approximate surface area is 98.8 Å². The summed E-state index contributed by atoms with van der Waals surface area (Å²) in [6.07, 6.45) is 0.288. The normalized spacial score (nSPS) is 21.7. The molecular formula is C12H23N3O. The molecule has 1 aliphatic rings. The summed E-state index contributed by atoms with van der Waals surface area (Å²) in [6.45, 7) is 11.0. The number of rotatable bonds is 4. The standard InChI is InChI=1S/C12H23N3O/c1-11(16-4)9-14-5-7-15(8-6-14)12(2,3)10-13/h11H,5-9H2,1-4H3. The molecule has 0 amide bonds. The number of ether oxygens (including phenoxy) is 1. The third kappa shape index (κ3) is 3.44. The highest BCUT2D eigenvalue weighted by Crippen LogP contribution is 2.15. The predicted molar refractivity (Wildman–Crippen MR) is 64.2 cm³/mol. The van der Waals surface area contributed by atoms with Crippen molar-refractivity contribution in [1.82, 2.24) is 9.80 Å². The zero-order chi connectivity index (χ0) is 12.2. The SMILES string of the molecule is COC(C)CN1CCN(C(C)(C)C#N)CC1. The van der Waals surface area contributed by atoms with Crippen LogP contribution in [0.5, 0.6) is 0 Å². The van der Waals surface area contributed by atoms with Gasteiger partial charge in [-0.05, 0) is 20.8 Å². The number of methoxy groups -OCH3 is 1. The van der Waals surface area contributed by atoms with Crippen molar-refractivity contribution < 1.29 is 4.74 Å². The zero-order valence-corrected chi connectivity index (χ0v) is 10.9. The average molecular weight is 225 g/mol. The second-order valence-electron chi connectivity index (χ2n) is 5.00. The molecule has 1 saturated heterocycles. The molecule has 1 aliphatic heterocycles. The first-order chi connectivity index (χ1) is 7.49. The van der Waals surface area contributed by atoms with Crippen molar-refractivity contribution in [2.75, 3.05) is 39.8 Å². The van der Waals surface area contributed by atoms with Gasteiger partial charge in [0.2, 0.25) is 0 Å². The highest BCUT2D eigenvalue weighted by Gasteiger charge is 2.29. The smallest absolute Gasteiger partial charge is 0.103 e. The largest absolute Gasteiger partial charge is 0.380 e. The second-order valence-corrected chi connectivity index (χ2v) is 5.00. The van der Waals surface area contributed by atoms with Crippen molar-refractivity contribution in [3.63, 3.8) is 0 Å². The van der Waals surface area contributed by atoms with Gasteiger partial charge in [-0.1, -0.05) is 0 Å². The Balaban J connectivity index is 2.37. The lowest BCUT2D eigenvalue weighted by molar-refractivity contribution is 0.0353. The Morgan fingerprint density at radius 1 is 1.31 bits per heavy atom. The van der Waals surface area contributed by atoms with Crippen molar-refractivity contribution in [2.24, 2.45) is 0 Å². The van der Waals surface area contributed by atoms with Gasteiger partial charge in [0.15, 0.2) is 0 Å². The lowest BCUT2D eigenvalue weighted by atomic mass is 10.0. The molecule has 0 aromatic heterocycles. The minimum Gasteiger partial charge on any atom is -0.380 e.